The van der Waals surface area contributed by atoms with Gasteiger partial charge >= 0.3 is 12.0 Å². The van der Waals surface area contributed by atoms with Gasteiger partial charge in [0.15, 0.2) is 0 Å². The summed E-state index contributed by atoms with van der Waals surface area (Å²) in [5, 5.41) is 23.5. The van der Waals surface area contributed by atoms with Gasteiger partial charge in [0.1, 0.15) is 6.04 Å². The third kappa shape index (κ3) is 4.03. The van der Waals surface area contributed by atoms with Crippen molar-refractivity contribution in [3.63, 3.8) is 0 Å². The lowest BCUT2D eigenvalue weighted by Gasteiger charge is -2.11. The van der Waals surface area contributed by atoms with Gasteiger partial charge in [-0.2, -0.15) is 4.80 Å². The molecule has 0 saturated carbocycles. The molecule has 5 N–H and O–H groups in total. The lowest BCUT2D eigenvalue weighted by molar-refractivity contribution is -0.140. The second kappa shape index (κ2) is 5.56. The molecule has 3 amide bonds. The van der Waals surface area contributed by atoms with E-state index in [2.05, 4.69) is 20.7 Å². The van der Waals surface area contributed by atoms with Gasteiger partial charge in [-0.05, 0) is 5.21 Å². The van der Waals surface area contributed by atoms with Crippen LogP contribution >= 0.6 is 0 Å². The molecule has 0 aliphatic rings. The quantitative estimate of drug-likeness (QED) is 0.458. The Morgan fingerprint density at radius 2 is 2.17 bits per heavy atom. The van der Waals surface area contributed by atoms with E-state index in [0.717, 1.165) is 4.80 Å². The number of anilines is 1. The highest BCUT2D eigenvalue weighted by atomic mass is 16.4. The number of amides is 3. The fraction of sp³-hybridized carbons (Fsp3) is 0.429. The largest absolute Gasteiger partial charge is 0.480 e. The Morgan fingerprint density at radius 1 is 1.50 bits per heavy atom. The van der Waals surface area contributed by atoms with E-state index in [4.69, 9.17) is 10.8 Å². The van der Waals surface area contributed by atoms with Crippen LogP contribution in [0.5, 0.6) is 0 Å². The molecule has 0 spiro atoms. The summed E-state index contributed by atoms with van der Waals surface area (Å²) in [7, 11) is 1.49. The average Bonchev–Trinajstić information content (AvgIpc) is 2.62. The summed E-state index contributed by atoms with van der Waals surface area (Å²) in [6.07, 6.45) is -0.517. The van der Waals surface area contributed by atoms with Crippen molar-refractivity contribution in [3.05, 3.63) is 0 Å². The first kappa shape index (κ1) is 13.3. The summed E-state index contributed by atoms with van der Waals surface area (Å²) in [5.41, 5.74) is 4.85. The normalized spacial score (nSPS) is 11.6. The summed E-state index contributed by atoms with van der Waals surface area (Å²) in [6.45, 7) is 0. The van der Waals surface area contributed by atoms with Crippen LogP contribution in [0.4, 0.5) is 10.7 Å². The van der Waals surface area contributed by atoms with E-state index >= 15 is 0 Å². The molecule has 18 heavy (non-hydrogen) atoms. The minimum atomic E-state index is -1.42. The minimum Gasteiger partial charge on any atom is -0.480 e. The molecule has 1 aromatic heterocycles. The molecule has 0 aromatic carbocycles. The lowest BCUT2D eigenvalue weighted by Crippen LogP contribution is -2.45. The molecule has 1 unspecified atom stereocenters. The van der Waals surface area contributed by atoms with Crippen LogP contribution < -0.4 is 16.4 Å². The molecule has 0 radical (unpaired) electrons. The number of nitrogens with one attached hydrogen (secondary N) is 2. The molecule has 98 valence electrons. The van der Waals surface area contributed by atoms with Crippen LogP contribution in [0.1, 0.15) is 6.42 Å². The summed E-state index contributed by atoms with van der Waals surface area (Å²) in [4.78, 5) is 33.8. The summed E-state index contributed by atoms with van der Waals surface area (Å²) >= 11 is 0. The number of carboxylic acid groups (broad SMARTS) is 1. The molecule has 0 bridgehead atoms. The Morgan fingerprint density at radius 3 is 2.61 bits per heavy atom. The number of nitrogens with two attached hydrogens (primary N) is 1. The second-order valence-electron chi connectivity index (χ2n) is 3.26. The van der Waals surface area contributed by atoms with Gasteiger partial charge < -0.3 is 16.2 Å². The maximum Gasteiger partial charge on any atom is 0.326 e. The van der Waals surface area contributed by atoms with Crippen LogP contribution in [-0.2, 0) is 16.6 Å². The Hall–Kier alpha value is -2.72. The van der Waals surface area contributed by atoms with E-state index in [0.29, 0.717) is 0 Å². The number of hydrogen-bond acceptors (Lipinski definition) is 6. The first-order valence-electron chi connectivity index (χ1n) is 4.71. The number of carbonyl (C=O) groups excluding carboxylic acids is 2. The van der Waals surface area contributed by atoms with E-state index < -0.39 is 30.4 Å². The second-order valence-corrected chi connectivity index (χ2v) is 3.26. The average molecular weight is 257 g/mol. The smallest absolute Gasteiger partial charge is 0.326 e. The number of rotatable bonds is 5. The van der Waals surface area contributed by atoms with Gasteiger partial charge in [0, 0.05) is 0 Å². The first-order valence-corrected chi connectivity index (χ1v) is 4.71. The van der Waals surface area contributed by atoms with Crippen molar-refractivity contribution in [1.82, 2.24) is 25.5 Å². The van der Waals surface area contributed by atoms with Crippen molar-refractivity contribution in [3.8, 4) is 0 Å². The van der Waals surface area contributed by atoms with Gasteiger partial charge in [-0.15, -0.1) is 5.10 Å². The fourth-order valence-corrected chi connectivity index (χ4v) is 1.03. The molecule has 1 heterocycles. The van der Waals surface area contributed by atoms with Gasteiger partial charge in [0.2, 0.25) is 5.91 Å². The zero-order valence-electron chi connectivity index (χ0n) is 9.32. The Bertz CT molecular complexity index is 470. The number of urea groups is 1. The Balaban J connectivity index is 2.56. The van der Waals surface area contributed by atoms with Gasteiger partial charge in [-0.25, -0.2) is 9.59 Å². The number of aliphatic carboxylic acids is 1. The summed E-state index contributed by atoms with van der Waals surface area (Å²) in [6, 6.07) is -2.30. The molecule has 0 saturated heterocycles. The molecular weight excluding hydrogens is 246 g/mol. The number of aromatic nitrogens is 4. The Labute approximate surface area is 100 Å². The number of tetrazole rings is 1. The van der Waals surface area contributed by atoms with E-state index in [1.807, 2.05) is 5.32 Å². The van der Waals surface area contributed by atoms with Crippen molar-refractivity contribution < 1.29 is 19.5 Å². The standard InChI is InChI=1S/C7H11N7O4/c1-14-12-6(11-13-14)10-7(18)9-3(5(16)17)2-4(8)15/h3H,2H2,1H3,(H2,8,15)(H,16,17)(H2,9,10,12,18). The monoisotopic (exact) mass is 257 g/mol. The topological polar surface area (TPSA) is 165 Å². The number of primary amides is 1. The lowest BCUT2D eigenvalue weighted by atomic mass is 10.2. The van der Waals surface area contributed by atoms with Crippen LogP contribution in [0.2, 0.25) is 0 Å². The van der Waals surface area contributed by atoms with Crippen molar-refractivity contribution in [2.75, 3.05) is 5.32 Å². The van der Waals surface area contributed by atoms with Gasteiger partial charge in [-0.3, -0.25) is 10.1 Å². The third-order valence-electron chi connectivity index (χ3n) is 1.74. The molecule has 0 aliphatic heterocycles. The van der Waals surface area contributed by atoms with Crippen molar-refractivity contribution in [1.29, 1.82) is 0 Å². The predicted molar refractivity (Wildman–Crippen MR) is 56.2 cm³/mol. The van der Waals surface area contributed by atoms with Gasteiger partial charge in [-0.1, -0.05) is 5.10 Å². The maximum atomic E-state index is 11.4. The fourth-order valence-electron chi connectivity index (χ4n) is 1.03. The van der Waals surface area contributed by atoms with Crippen LogP contribution in [0, 0.1) is 0 Å². The molecule has 1 rings (SSSR count). The van der Waals surface area contributed by atoms with Crippen molar-refractivity contribution >= 4 is 23.9 Å². The number of nitrogens with zero attached hydrogens (tertiary/aromatic N) is 4. The molecule has 1 aromatic rings. The highest BCUT2D eigenvalue weighted by Gasteiger charge is 2.22. The van der Waals surface area contributed by atoms with E-state index in [-0.39, 0.29) is 5.95 Å². The first-order chi connectivity index (χ1) is 8.38. The number of hydrogen-bond donors (Lipinski definition) is 4. The molecular formula is C7H11N7O4. The van der Waals surface area contributed by atoms with E-state index in [1.54, 1.807) is 0 Å². The minimum absolute atomic E-state index is 0.0989. The molecule has 0 aliphatic carbocycles. The van der Waals surface area contributed by atoms with Crippen molar-refractivity contribution in [2.24, 2.45) is 12.8 Å². The number of carbonyl (C=O) groups is 3. The highest BCUT2D eigenvalue weighted by Crippen LogP contribution is 1.95. The van der Waals surface area contributed by atoms with Gasteiger partial charge in [0.05, 0.1) is 13.5 Å². The number of carboxylic acids is 1. The van der Waals surface area contributed by atoms with Crippen LogP contribution in [-0.4, -0.2) is 49.3 Å². The van der Waals surface area contributed by atoms with Crippen LogP contribution in [0.25, 0.3) is 0 Å². The number of aryl methyl sites for hydroxylation is 1. The molecule has 1 atom stereocenters. The highest BCUT2D eigenvalue weighted by molar-refractivity contribution is 5.92. The zero-order chi connectivity index (χ0) is 13.7. The van der Waals surface area contributed by atoms with Crippen molar-refractivity contribution in [2.45, 2.75) is 12.5 Å². The molecule has 11 heteroatoms. The molecule has 0 fully saturated rings. The predicted octanol–water partition coefficient (Wildman–Crippen LogP) is -2.34. The zero-order valence-corrected chi connectivity index (χ0v) is 9.32. The van der Waals surface area contributed by atoms with E-state index in [1.165, 1.54) is 7.05 Å². The maximum absolute atomic E-state index is 11.4. The van der Waals surface area contributed by atoms with Crippen LogP contribution in [0.15, 0.2) is 0 Å². The van der Waals surface area contributed by atoms with Gasteiger partial charge in [0.25, 0.3) is 5.95 Å². The summed E-state index contributed by atoms with van der Waals surface area (Å²) < 4.78 is 0. The third-order valence-corrected chi connectivity index (χ3v) is 1.74. The van der Waals surface area contributed by atoms with E-state index in [9.17, 15) is 14.4 Å². The summed E-state index contributed by atoms with van der Waals surface area (Å²) in [5.74, 6) is -2.32. The molecule has 11 nitrogen and oxygen atoms in total. The SMILES string of the molecule is Cn1nnc(NC(=O)NC(CC(N)=O)C(=O)O)n1. The Kier molecular flexibility index (Phi) is 4.12. The van der Waals surface area contributed by atoms with Crippen LogP contribution in [0.3, 0.4) is 0 Å².